The summed E-state index contributed by atoms with van der Waals surface area (Å²) in [5.41, 5.74) is 2.39. The maximum absolute atomic E-state index is 4.37. The average Bonchev–Trinajstić information content (AvgIpc) is 2.75. The zero-order valence-corrected chi connectivity index (χ0v) is 11.1. The van der Waals surface area contributed by atoms with Crippen molar-refractivity contribution < 1.29 is 0 Å². The van der Waals surface area contributed by atoms with Crippen molar-refractivity contribution in [3.63, 3.8) is 0 Å². The first-order chi connectivity index (χ1) is 7.19. The summed E-state index contributed by atoms with van der Waals surface area (Å²) in [6.45, 7) is 2.12. The number of hydrogen-bond donors (Lipinski definition) is 0. The maximum atomic E-state index is 4.37. The molecule has 0 aliphatic heterocycles. The lowest BCUT2D eigenvalue weighted by Crippen LogP contribution is -1.85. The SMILES string of the molecule is CCc1cc(Cc2cn(C)nc2Br)sn1. The predicted molar refractivity (Wildman–Crippen MR) is 65.2 cm³/mol. The summed E-state index contributed by atoms with van der Waals surface area (Å²) >= 11 is 5.03. The third-order valence-electron chi connectivity index (χ3n) is 2.19. The van der Waals surface area contributed by atoms with Crippen LogP contribution in [0.1, 0.15) is 23.1 Å². The molecule has 2 aromatic heterocycles. The first-order valence-electron chi connectivity index (χ1n) is 4.81. The highest BCUT2D eigenvalue weighted by atomic mass is 79.9. The van der Waals surface area contributed by atoms with Crippen LogP contribution in [0.2, 0.25) is 0 Å². The fraction of sp³-hybridized carbons (Fsp3) is 0.400. The molecule has 0 bridgehead atoms. The van der Waals surface area contributed by atoms with Crippen LogP contribution in [0.5, 0.6) is 0 Å². The van der Waals surface area contributed by atoms with E-state index < -0.39 is 0 Å². The van der Waals surface area contributed by atoms with Crippen LogP contribution in [0.3, 0.4) is 0 Å². The molecule has 5 heteroatoms. The van der Waals surface area contributed by atoms with Gasteiger partial charge in [-0.1, -0.05) is 6.92 Å². The van der Waals surface area contributed by atoms with Crippen molar-refractivity contribution >= 4 is 27.5 Å². The zero-order valence-electron chi connectivity index (χ0n) is 8.70. The summed E-state index contributed by atoms with van der Waals surface area (Å²) in [6, 6.07) is 2.17. The molecule has 2 rings (SSSR count). The molecule has 0 N–H and O–H groups in total. The van der Waals surface area contributed by atoms with Crippen LogP contribution < -0.4 is 0 Å². The van der Waals surface area contributed by atoms with Gasteiger partial charge in [-0.05, 0) is 39.9 Å². The van der Waals surface area contributed by atoms with E-state index in [0.717, 1.165) is 17.4 Å². The van der Waals surface area contributed by atoms with Crippen LogP contribution in [0, 0.1) is 0 Å². The predicted octanol–water partition coefficient (Wildman–Crippen LogP) is 2.79. The van der Waals surface area contributed by atoms with Crippen molar-refractivity contribution in [2.24, 2.45) is 7.05 Å². The number of rotatable bonds is 3. The molecule has 0 aliphatic carbocycles. The normalized spacial score (nSPS) is 10.9. The number of halogens is 1. The fourth-order valence-corrected chi connectivity index (χ4v) is 2.74. The standard InChI is InChI=1S/C10H12BrN3S/c1-3-8-5-9(15-13-8)4-7-6-14(2)12-10(7)11/h5-6H,3-4H2,1-2H3. The summed E-state index contributed by atoms with van der Waals surface area (Å²) in [6.07, 6.45) is 3.95. The Morgan fingerprint density at radius 3 is 2.87 bits per heavy atom. The highest BCUT2D eigenvalue weighted by molar-refractivity contribution is 9.10. The van der Waals surface area contributed by atoms with E-state index in [-0.39, 0.29) is 0 Å². The topological polar surface area (TPSA) is 30.7 Å². The smallest absolute Gasteiger partial charge is 0.131 e. The van der Waals surface area contributed by atoms with Crippen LogP contribution in [-0.2, 0) is 19.9 Å². The maximum Gasteiger partial charge on any atom is 0.131 e. The van der Waals surface area contributed by atoms with E-state index in [1.165, 1.54) is 16.1 Å². The van der Waals surface area contributed by atoms with Gasteiger partial charge in [-0.3, -0.25) is 4.68 Å². The molecule has 15 heavy (non-hydrogen) atoms. The molecule has 0 fully saturated rings. The molecule has 0 unspecified atom stereocenters. The van der Waals surface area contributed by atoms with Crippen molar-refractivity contribution in [2.45, 2.75) is 19.8 Å². The Labute approximate surface area is 101 Å². The van der Waals surface area contributed by atoms with Gasteiger partial charge in [0.2, 0.25) is 0 Å². The molecule has 0 aliphatic rings. The largest absolute Gasteiger partial charge is 0.274 e. The number of aryl methyl sites for hydroxylation is 2. The number of aromatic nitrogens is 3. The Morgan fingerprint density at radius 1 is 1.53 bits per heavy atom. The molecule has 0 spiro atoms. The van der Waals surface area contributed by atoms with Gasteiger partial charge in [0.1, 0.15) is 4.60 Å². The van der Waals surface area contributed by atoms with E-state index in [1.54, 1.807) is 11.5 Å². The van der Waals surface area contributed by atoms with Gasteiger partial charge in [0.05, 0.1) is 5.69 Å². The van der Waals surface area contributed by atoms with Gasteiger partial charge in [0.15, 0.2) is 0 Å². The van der Waals surface area contributed by atoms with Gasteiger partial charge in [-0.25, -0.2) is 0 Å². The molecular formula is C10H12BrN3S. The Morgan fingerprint density at radius 2 is 2.33 bits per heavy atom. The number of nitrogens with zero attached hydrogens (tertiary/aromatic N) is 3. The molecule has 2 aromatic rings. The Hall–Kier alpha value is -0.680. The Bertz CT molecular complexity index is 461. The molecule has 0 saturated heterocycles. The summed E-state index contributed by atoms with van der Waals surface area (Å²) in [5.74, 6) is 0. The minimum Gasteiger partial charge on any atom is -0.274 e. The van der Waals surface area contributed by atoms with Gasteiger partial charge in [0, 0.05) is 30.1 Å². The van der Waals surface area contributed by atoms with Crippen LogP contribution >= 0.6 is 27.5 Å². The van der Waals surface area contributed by atoms with Crippen LogP contribution in [0.25, 0.3) is 0 Å². The van der Waals surface area contributed by atoms with E-state index in [2.05, 4.69) is 38.4 Å². The highest BCUT2D eigenvalue weighted by Gasteiger charge is 2.07. The second-order valence-corrected chi connectivity index (χ2v) is 5.07. The van der Waals surface area contributed by atoms with Crippen molar-refractivity contribution in [1.82, 2.24) is 14.2 Å². The van der Waals surface area contributed by atoms with E-state index in [4.69, 9.17) is 0 Å². The van der Waals surface area contributed by atoms with E-state index >= 15 is 0 Å². The monoisotopic (exact) mass is 285 g/mol. The lowest BCUT2D eigenvalue weighted by atomic mass is 10.2. The molecular weight excluding hydrogens is 274 g/mol. The summed E-state index contributed by atoms with van der Waals surface area (Å²) in [7, 11) is 1.93. The van der Waals surface area contributed by atoms with E-state index in [0.29, 0.717) is 0 Å². The molecule has 0 radical (unpaired) electrons. The van der Waals surface area contributed by atoms with Gasteiger partial charge >= 0.3 is 0 Å². The minimum atomic E-state index is 0.909. The molecule has 0 aromatic carbocycles. The van der Waals surface area contributed by atoms with Gasteiger partial charge in [0.25, 0.3) is 0 Å². The Balaban J connectivity index is 2.17. The van der Waals surface area contributed by atoms with Gasteiger partial charge in [-0.2, -0.15) is 9.47 Å². The van der Waals surface area contributed by atoms with Crippen molar-refractivity contribution in [1.29, 1.82) is 0 Å². The van der Waals surface area contributed by atoms with E-state index in [9.17, 15) is 0 Å². The van der Waals surface area contributed by atoms with Gasteiger partial charge < -0.3 is 0 Å². The molecule has 0 atom stereocenters. The van der Waals surface area contributed by atoms with Crippen LogP contribution in [0.4, 0.5) is 0 Å². The molecule has 3 nitrogen and oxygen atoms in total. The first kappa shape index (κ1) is 10.8. The lowest BCUT2D eigenvalue weighted by Gasteiger charge is -1.92. The van der Waals surface area contributed by atoms with Gasteiger partial charge in [-0.15, -0.1) is 0 Å². The zero-order chi connectivity index (χ0) is 10.8. The average molecular weight is 286 g/mol. The first-order valence-corrected chi connectivity index (χ1v) is 6.38. The van der Waals surface area contributed by atoms with Crippen LogP contribution in [0.15, 0.2) is 16.9 Å². The van der Waals surface area contributed by atoms with Crippen molar-refractivity contribution in [3.05, 3.63) is 33.0 Å². The second kappa shape index (κ2) is 4.45. The third-order valence-corrected chi connectivity index (χ3v) is 3.68. The van der Waals surface area contributed by atoms with Crippen LogP contribution in [-0.4, -0.2) is 14.2 Å². The fourth-order valence-electron chi connectivity index (χ4n) is 1.42. The highest BCUT2D eigenvalue weighted by Crippen LogP contribution is 2.20. The van der Waals surface area contributed by atoms with Crippen molar-refractivity contribution in [3.8, 4) is 0 Å². The summed E-state index contributed by atoms with van der Waals surface area (Å²) in [5, 5.41) is 4.25. The third kappa shape index (κ3) is 2.46. The number of hydrogen-bond acceptors (Lipinski definition) is 3. The Kier molecular flexibility index (Phi) is 3.21. The quantitative estimate of drug-likeness (QED) is 0.868. The minimum absolute atomic E-state index is 0.909. The molecule has 0 amide bonds. The molecule has 0 saturated carbocycles. The summed E-state index contributed by atoms with van der Waals surface area (Å²) in [4.78, 5) is 1.29. The lowest BCUT2D eigenvalue weighted by molar-refractivity contribution is 0.760. The molecule has 2 heterocycles. The summed E-state index contributed by atoms with van der Waals surface area (Å²) < 4.78 is 7.11. The van der Waals surface area contributed by atoms with E-state index in [1.807, 2.05) is 17.9 Å². The molecule has 80 valence electrons. The second-order valence-electron chi connectivity index (χ2n) is 3.43. The van der Waals surface area contributed by atoms with Crippen molar-refractivity contribution in [2.75, 3.05) is 0 Å².